The van der Waals surface area contributed by atoms with Crippen molar-refractivity contribution in [2.45, 2.75) is 63.6 Å². The Hall–Kier alpha value is -0.783. The summed E-state index contributed by atoms with van der Waals surface area (Å²) in [5.41, 5.74) is -0.148. The van der Waals surface area contributed by atoms with Gasteiger partial charge < -0.3 is 9.16 Å². The first-order chi connectivity index (χ1) is 11.0. The molecular formula is C19H32O3SSi. The van der Waals surface area contributed by atoms with Gasteiger partial charge in [0.05, 0.1) is 19.1 Å². The molecule has 0 N–H and O–H groups in total. The minimum Gasteiger partial charge on any atom is -0.469 e. The van der Waals surface area contributed by atoms with Crippen LogP contribution in [0, 0.1) is 11.3 Å². The molecule has 3 nitrogen and oxygen atoms in total. The molecular weight excluding hydrogens is 336 g/mol. The van der Waals surface area contributed by atoms with E-state index in [1.165, 1.54) is 7.11 Å². The van der Waals surface area contributed by atoms with Crippen LogP contribution in [-0.2, 0) is 14.0 Å². The van der Waals surface area contributed by atoms with Gasteiger partial charge in [-0.05, 0) is 37.2 Å². The Bertz CT molecular complexity index is 520. The average molecular weight is 369 g/mol. The number of benzene rings is 1. The van der Waals surface area contributed by atoms with Crippen LogP contribution >= 0.6 is 11.8 Å². The SMILES string of the molecule is COC(=O)[C@H]([C@H](C)Sc1ccccc1)[C@@H](O[Si](C)(C)C)C(C)(C)C. The normalized spacial score (nSPS) is 16.3. The smallest absolute Gasteiger partial charge is 0.312 e. The topological polar surface area (TPSA) is 35.5 Å². The third kappa shape index (κ3) is 6.61. The van der Waals surface area contributed by atoms with Crippen LogP contribution < -0.4 is 0 Å². The zero-order chi connectivity index (χ0) is 18.5. The molecule has 0 saturated carbocycles. The van der Waals surface area contributed by atoms with Gasteiger partial charge in [0.2, 0.25) is 0 Å². The van der Waals surface area contributed by atoms with Crippen molar-refractivity contribution in [3.8, 4) is 0 Å². The summed E-state index contributed by atoms with van der Waals surface area (Å²) in [6, 6.07) is 10.2. The van der Waals surface area contributed by atoms with Gasteiger partial charge in [-0.1, -0.05) is 45.9 Å². The third-order valence-electron chi connectivity index (χ3n) is 3.70. The van der Waals surface area contributed by atoms with Crippen molar-refractivity contribution < 1.29 is 14.0 Å². The van der Waals surface area contributed by atoms with Crippen molar-refractivity contribution in [1.29, 1.82) is 0 Å². The summed E-state index contributed by atoms with van der Waals surface area (Å²) in [6.45, 7) is 15.0. The van der Waals surface area contributed by atoms with Crippen molar-refractivity contribution >= 4 is 26.0 Å². The molecule has 1 rings (SSSR count). The van der Waals surface area contributed by atoms with Crippen LogP contribution in [0.4, 0.5) is 0 Å². The van der Waals surface area contributed by atoms with E-state index in [1.54, 1.807) is 11.8 Å². The number of hydrogen-bond donors (Lipinski definition) is 0. The average Bonchev–Trinajstić information content (AvgIpc) is 2.45. The first kappa shape index (κ1) is 21.3. The highest BCUT2D eigenvalue weighted by molar-refractivity contribution is 8.00. The second kappa shape index (κ2) is 8.54. The zero-order valence-electron chi connectivity index (χ0n) is 16.3. The maximum absolute atomic E-state index is 12.6. The Morgan fingerprint density at radius 1 is 1.12 bits per heavy atom. The summed E-state index contributed by atoms with van der Waals surface area (Å²) in [6.07, 6.45) is -0.178. The Labute approximate surface area is 152 Å². The molecule has 0 radical (unpaired) electrons. The molecule has 0 aliphatic rings. The van der Waals surface area contributed by atoms with Gasteiger partial charge in [0.25, 0.3) is 0 Å². The Morgan fingerprint density at radius 2 is 1.67 bits per heavy atom. The second-order valence-electron chi connectivity index (χ2n) is 8.20. The fourth-order valence-electron chi connectivity index (χ4n) is 2.65. The predicted molar refractivity (Wildman–Crippen MR) is 105 cm³/mol. The largest absolute Gasteiger partial charge is 0.469 e. The van der Waals surface area contributed by atoms with Crippen LogP contribution in [0.3, 0.4) is 0 Å². The monoisotopic (exact) mass is 368 g/mol. The third-order valence-corrected chi connectivity index (χ3v) is 5.87. The molecule has 0 aliphatic carbocycles. The maximum Gasteiger partial charge on any atom is 0.312 e. The molecule has 0 fully saturated rings. The first-order valence-corrected chi connectivity index (χ1v) is 12.7. The molecule has 0 amide bonds. The van der Waals surface area contributed by atoms with E-state index in [-0.39, 0.29) is 28.7 Å². The minimum atomic E-state index is -1.81. The predicted octanol–water partition coefficient (Wildman–Crippen LogP) is 5.22. The van der Waals surface area contributed by atoms with Gasteiger partial charge in [0.1, 0.15) is 0 Å². The Kier molecular flexibility index (Phi) is 7.57. The second-order valence-corrected chi connectivity index (χ2v) is 14.1. The Morgan fingerprint density at radius 3 is 2.08 bits per heavy atom. The van der Waals surface area contributed by atoms with E-state index in [0.29, 0.717) is 0 Å². The molecule has 1 aromatic rings. The fraction of sp³-hybridized carbons (Fsp3) is 0.632. The number of ether oxygens (including phenoxy) is 1. The molecule has 0 spiro atoms. The fourth-order valence-corrected chi connectivity index (χ4v) is 5.06. The summed E-state index contributed by atoms with van der Waals surface area (Å²) >= 11 is 1.70. The van der Waals surface area contributed by atoms with E-state index in [4.69, 9.17) is 9.16 Å². The van der Waals surface area contributed by atoms with Crippen molar-refractivity contribution in [2.24, 2.45) is 11.3 Å². The van der Waals surface area contributed by atoms with E-state index in [9.17, 15) is 4.79 Å². The number of carbonyl (C=O) groups is 1. The van der Waals surface area contributed by atoms with Crippen LogP contribution in [0.5, 0.6) is 0 Å². The lowest BCUT2D eigenvalue weighted by Gasteiger charge is -2.41. The molecule has 0 unspecified atom stereocenters. The lowest BCUT2D eigenvalue weighted by Crippen LogP contribution is -2.49. The molecule has 1 aromatic carbocycles. The lowest BCUT2D eigenvalue weighted by atomic mass is 9.80. The van der Waals surface area contributed by atoms with E-state index >= 15 is 0 Å². The number of esters is 1. The molecule has 136 valence electrons. The number of methoxy groups -OCH3 is 1. The molecule has 0 heterocycles. The maximum atomic E-state index is 12.6. The molecule has 0 saturated heterocycles. The van der Waals surface area contributed by atoms with Gasteiger partial charge in [0, 0.05) is 10.1 Å². The van der Waals surface area contributed by atoms with Gasteiger partial charge in [-0.3, -0.25) is 4.79 Å². The zero-order valence-corrected chi connectivity index (χ0v) is 18.1. The number of thioether (sulfide) groups is 1. The van der Waals surface area contributed by atoms with E-state index in [1.807, 2.05) is 18.2 Å². The van der Waals surface area contributed by atoms with Gasteiger partial charge in [-0.25, -0.2) is 0 Å². The molecule has 0 aromatic heterocycles. The first-order valence-electron chi connectivity index (χ1n) is 8.43. The van der Waals surface area contributed by atoms with Gasteiger partial charge >= 0.3 is 5.97 Å². The summed E-state index contributed by atoms with van der Waals surface area (Å²) < 4.78 is 11.6. The number of carbonyl (C=O) groups excluding carboxylic acids is 1. The molecule has 5 heteroatoms. The van der Waals surface area contributed by atoms with Gasteiger partial charge in [0.15, 0.2) is 8.32 Å². The van der Waals surface area contributed by atoms with Crippen molar-refractivity contribution in [3.05, 3.63) is 30.3 Å². The van der Waals surface area contributed by atoms with Crippen LogP contribution in [0.2, 0.25) is 19.6 Å². The van der Waals surface area contributed by atoms with Crippen molar-refractivity contribution in [2.75, 3.05) is 7.11 Å². The van der Waals surface area contributed by atoms with Crippen LogP contribution in [-0.4, -0.2) is 32.8 Å². The summed E-state index contributed by atoms with van der Waals surface area (Å²) in [5, 5.41) is 0.0559. The number of hydrogen-bond acceptors (Lipinski definition) is 4. The van der Waals surface area contributed by atoms with Crippen LogP contribution in [0.25, 0.3) is 0 Å². The summed E-state index contributed by atoms with van der Waals surface area (Å²) in [7, 11) is -0.345. The van der Waals surface area contributed by atoms with E-state index in [2.05, 4.69) is 59.5 Å². The molecule has 0 aliphatic heterocycles. The minimum absolute atomic E-state index is 0.0559. The van der Waals surface area contributed by atoms with E-state index in [0.717, 1.165) is 4.90 Å². The summed E-state index contributed by atoms with van der Waals surface area (Å²) in [4.78, 5) is 13.8. The highest BCUT2D eigenvalue weighted by atomic mass is 32.2. The quantitative estimate of drug-likeness (QED) is 0.375. The van der Waals surface area contributed by atoms with Gasteiger partial charge in [-0.15, -0.1) is 11.8 Å². The van der Waals surface area contributed by atoms with Gasteiger partial charge in [-0.2, -0.15) is 0 Å². The van der Waals surface area contributed by atoms with Crippen LogP contribution in [0.1, 0.15) is 27.7 Å². The van der Waals surface area contributed by atoms with E-state index < -0.39 is 8.32 Å². The highest BCUT2D eigenvalue weighted by Crippen LogP contribution is 2.38. The number of rotatable bonds is 7. The molecule has 0 bridgehead atoms. The van der Waals surface area contributed by atoms with Crippen molar-refractivity contribution in [3.63, 3.8) is 0 Å². The molecule has 3 atom stereocenters. The lowest BCUT2D eigenvalue weighted by molar-refractivity contribution is -0.151. The van der Waals surface area contributed by atoms with Crippen molar-refractivity contribution in [1.82, 2.24) is 0 Å². The standard InChI is InChI=1S/C19H32O3SSi/c1-14(23-15-12-10-9-11-13-15)16(18(20)21-5)17(19(2,3)4)22-24(6,7)8/h9-14,16-17H,1-8H3/t14-,16+,17+/m0/s1. The highest BCUT2D eigenvalue weighted by Gasteiger charge is 2.43. The Balaban J connectivity index is 3.14. The molecule has 24 heavy (non-hydrogen) atoms. The van der Waals surface area contributed by atoms with Crippen LogP contribution in [0.15, 0.2) is 35.2 Å². The summed E-state index contributed by atoms with van der Waals surface area (Å²) in [5.74, 6) is -0.504.